The topological polar surface area (TPSA) is 50.1 Å². The number of rotatable bonds is 1. The lowest BCUT2D eigenvalue weighted by molar-refractivity contribution is 0.0600. The number of nitrogens with zero attached hydrogens (tertiary/aromatic N) is 1. The number of carbonyl (C=O) groups excluding carboxylic acids is 1. The Labute approximate surface area is 95.2 Å². The van der Waals surface area contributed by atoms with Gasteiger partial charge in [-0.05, 0) is 28.1 Å². The summed E-state index contributed by atoms with van der Waals surface area (Å²) in [4.78, 5) is 11.8. The van der Waals surface area contributed by atoms with Crippen LogP contribution < -0.4 is 0 Å². The zero-order valence-corrected chi connectivity index (χ0v) is 9.72. The molecule has 0 N–H and O–H groups in total. The van der Waals surface area contributed by atoms with Crippen molar-refractivity contribution in [3.8, 4) is 6.07 Å². The van der Waals surface area contributed by atoms with Crippen LogP contribution in [0.25, 0.3) is 0 Å². The number of thiol groups is 1. The highest BCUT2D eigenvalue weighted by Crippen LogP contribution is 2.27. The first kappa shape index (κ1) is 11.1. The van der Waals surface area contributed by atoms with E-state index in [9.17, 15) is 4.79 Å². The monoisotopic (exact) mass is 271 g/mol. The zero-order valence-electron chi connectivity index (χ0n) is 7.24. The Bertz CT molecular complexity index is 426. The summed E-state index contributed by atoms with van der Waals surface area (Å²) in [5.74, 6) is -0.532. The third-order valence-electron chi connectivity index (χ3n) is 1.64. The first-order valence-electron chi connectivity index (χ1n) is 3.61. The van der Waals surface area contributed by atoms with Gasteiger partial charge in [0, 0.05) is 9.37 Å². The van der Waals surface area contributed by atoms with E-state index in [0.717, 1.165) is 0 Å². The number of nitriles is 1. The summed E-state index contributed by atoms with van der Waals surface area (Å²) in [7, 11) is 1.27. The van der Waals surface area contributed by atoms with E-state index in [-0.39, 0.29) is 11.1 Å². The van der Waals surface area contributed by atoms with E-state index in [1.54, 1.807) is 6.07 Å². The number of ether oxygens (including phenoxy) is 1. The highest BCUT2D eigenvalue weighted by Gasteiger charge is 2.15. The molecular formula is C9H6BrNO2S. The van der Waals surface area contributed by atoms with Crippen molar-refractivity contribution in [3.63, 3.8) is 0 Å². The Morgan fingerprint density at radius 3 is 2.79 bits per heavy atom. The smallest absolute Gasteiger partial charge is 0.339 e. The average Bonchev–Trinajstić information content (AvgIpc) is 2.20. The minimum absolute atomic E-state index is 0.236. The van der Waals surface area contributed by atoms with Crippen molar-refractivity contribution in [2.24, 2.45) is 0 Å². The van der Waals surface area contributed by atoms with Crippen LogP contribution in [0, 0.1) is 11.3 Å². The molecule has 0 heterocycles. The van der Waals surface area contributed by atoms with Gasteiger partial charge in [0.25, 0.3) is 0 Å². The minimum Gasteiger partial charge on any atom is -0.465 e. The molecule has 0 aliphatic carbocycles. The third kappa shape index (κ3) is 1.91. The van der Waals surface area contributed by atoms with Crippen LogP contribution >= 0.6 is 28.6 Å². The number of halogens is 1. The number of benzene rings is 1. The maximum absolute atomic E-state index is 11.2. The first-order valence-corrected chi connectivity index (χ1v) is 4.85. The molecule has 0 aliphatic rings. The normalized spacial score (nSPS) is 9.29. The van der Waals surface area contributed by atoms with Gasteiger partial charge in [-0.3, -0.25) is 0 Å². The molecule has 0 bridgehead atoms. The van der Waals surface area contributed by atoms with Crippen molar-refractivity contribution in [1.29, 1.82) is 5.26 Å². The fourth-order valence-electron chi connectivity index (χ4n) is 0.954. The largest absolute Gasteiger partial charge is 0.465 e. The van der Waals surface area contributed by atoms with Crippen molar-refractivity contribution in [2.75, 3.05) is 7.11 Å². The summed E-state index contributed by atoms with van der Waals surface area (Å²) in [6, 6.07) is 5.06. The molecule has 0 spiro atoms. The van der Waals surface area contributed by atoms with Crippen molar-refractivity contribution in [3.05, 3.63) is 27.7 Å². The van der Waals surface area contributed by atoms with Gasteiger partial charge in [-0.1, -0.05) is 0 Å². The molecule has 0 saturated heterocycles. The molecule has 72 valence electrons. The van der Waals surface area contributed by atoms with Gasteiger partial charge >= 0.3 is 5.97 Å². The van der Waals surface area contributed by atoms with Gasteiger partial charge in [-0.15, -0.1) is 12.6 Å². The van der Waals surface area contributed by atoms with Crippen LogP contribution in [-0.2, 0) is 4.74 Å². The van der Waals surface area contributed by atoms with Gasteiger partial charge in [0.05, 0.1) is 18.2 Å². The maximum atomic E-state index is 11.2. The van der Waals surface area contributed by atoms with Gasteiger partial charge in [-0.25, -0.2) is 4.79 Å². The number of esters is 1. The standard InChI is InChI=1S/C9H6BrNO2S/c1-13-9(12)5-2-3-7(14)8(10)6(5)4-11/h2-3,14H,1H3. The average molecular weight is 272 g/mol. The number of methoxy groups -OCH3 is 1. The van der Waals surface area contributed by atoms with E-state index in [1.807, 2.05) is 6.07 Å². The predicted molar refractivity (Wildman–Crippen MR) is 57.4 cm³/mol. The van der Waals surface area contributed by atoms with Gasteiger partial charge in [0.1, 0.15) is 6.07 Å². The quantitative estimate of drug-likeness (QED) is 0.630. The highest BCUT2D eigenvalue weighted by atomic mass is 79.9. The van der Waals surface area contributed by atoms with Crippen LogP contribution in [0.4, 0.5) is 0 Å². The second-order valence-electron chi connectivity index (χ2n) is 2.42. The second kappa shape index (κ2) is 4.49. The number of hydrogen-bond acceptors (Lipinski definition) is 4. The molecule has 3 nitrogen and oxygen atoms in total. The summed E-state index contributed by atoms with van der Waals surface area (Å²) >= 11 is 7.30. The van der Waals surface area contributed by atoms with Crippen molar-refractivity contribution < 1.29 is 9.53 Å². The Hall–Kier alpha value is -0.990. The van der Waals surface area contributed by atoms with Gasteiger partial charge in [0.15, 0.2) is 0 Å². The highest BCUT2D eigenvalue weighted by molar-refractivity contribution is 9.10. The summed E-state index contributed by atoms with van der Waals surface area (Å²) in [5, 5.41) is 8.85. The van der Waals surface area contributed by atoms with Gasteiger partial charge in [-0.2, -0.15) is 5.26 Å². The van der Waals surface area contributed by atoms with E-state index in [4.69, 9.17) is 5.26 Å². The summed E-state index contributed by atoms with van der Waals surface area (Å²) in [6.45, 7) is 0. The molecule has 0 radical (unpaired) electrons. The van der Waals surface area contributed by atoms with Crippen molar-refractivity contribution in [1.82, 2.24) is 0 Å². The Morgan fingerprint density at radius 1 is 1.64 bits per heavy atom. The van der Waals surface area contributed by atoms with Crippen LogP contribution in [0.5, 0.6) is 0 Å². The van der Waals surface area contributed by atoms with E-state index < -0.39 is 5.97 Å². The summed E-state index contributed by atoms with van der Waals surface area (Å²) < 4.78 is 5.04. The molecule has 0 saturated carbocycles. The molecule has 0 aliphatic heterocycles. The van der Waals surface area contributed by atoms with E-state index in [0.29, 0.717) is 9.37 Å². The van der Waals surface area contributed by atoms with E-state index in [2.05, 4.69) is 33.3 Å². The third-order valence-corrected chi connectivity index (χ3v) is 3.14. The molecule has 14 heavy (non-hydrogen) atoms. The zero-order chi connectivity index (χ0) is 10.7. The van der Waals surface area contributed by atoms with E-state index in [1.165, 1.54) is 13.2 Å². The molecule has 5 heteroatoms. The fraction of sp³-hybridized carbons (Fsp3) is 0.111. The molecule has 0 aromatic heterocycles. The molecule has 0 amide bonds. The van der Waals surface area contributed by atoms with Crippen LogP contribution in [-0.4, -0.2) is 13.1 Å². The predicted octanol–water partition coefficient (Wildman–Crippen LogP) is 2.40. The Morgan fingerprint density at radius 2 is 2.29 bits per heavy atom. The van der Waals surface area contributed by atoms with Crippen LogP contribution in [0.1, 0.15) is 15.9 Å². The Balaban J connectivity index is 3.40. The van der Waals surface area contributed by atoms with Crippen LogP contribution in [0.3, 0.4) is 0 Å². The molecule has 0 fully saturated rings. The lowest BCUT2D eigenvalue weighted by Crippen LogP contribution is -2.04. The molecule has 0 atom stereocenters. The molecular weight excluding hydrogens is 266 g/mol. The maximum Gasteiger partial charge on any atom is 0.339 e. The van der Waals surface area contributed by atoms with Gasteiger partial charge < -0.3 is 4.74 Å². The van der Waals surface area contributed by atoms with Gasteiger partial charge in [0.2, 0.25) is 0 Å². The van der Waals surface area contributed by atoms with E-state index >= 15 is 0 Å². The molecule has 1 aromatic carbocycles. The lowest BCUT2D eigenvalue weighted by atomic mass is 10.1. The second-order valence-corrected chi connectivity index (χ2v) is 3.70. The van der Waals surface area contributed by atoms with Crippen LogP contribution in [0.15, 0.2) is 21.5 Å². The number of carbonyl (C=O) groups is 1. The summed E-state index contributed by atoms with van der Waals surface area (Å²) in [5.41, 5.74) is 0.476. The van der Waals surface area contributed by atoms with Crippen LogP contribution in [0.2, 0.25) is 0 Å². The van der Waals surface area contributed by atoms with Crippen molar-refractivity contribution >= 4 is 34.5 Å². The molecule has 0 unspecified atom stereocenters. The molecule has 1 aromatic rings. The lowest BCUT2D eigenvalue weighted by Gasteiger charge is -2.05. The SMILES string of the molecule is COC(=O)c1ccc(S)c(Br)c1C#N. The summed E-state index contributed by atoms with van der Waals surface area (Å²) in [6.07, 6.45) is 0. The Kier molecular flexibility index (Phi) is 3.55. The number of hydrogen-bond donors (Lipinski definition) is 1. The first-order chi connectivity index (χ1) is 6.61. The molecule has 1 rings (SSSR count). The van der Waals surface area contributed by atoms with Crippen molar-refractivity contribution in [2.45, 2.75) is 4.90 Å². The minimum atomic E-state index is -0.532. The fourth-order valence-corrected chi connectivity index (χ4v) is 1.58.